The monoisotopic (exact) mass is 217 g/mol. The molecule has 0 radical (unpaired) electrons. The number of methoxy groups -OCH3 is 1. The van der Waals surface area contributed by atoms with Crippen LogP contribution in [-0.2, 0) is 22.5 Å². The number of nitrogens with one attached hydrogen (secondary N) is 1. The summed E-state index contributed by atoms with van der Waals surface area (Å²) >= 11 is 0. The van der Waals surface area contributed by atoms with Gasteiger partial charge in [-0.2, -0.15) is 0 Å². The van der Waals surface area contributed by atoms with Crippen LogP contribution in [0.1, 0.15) is 16.7 Å². The highest BCUT2D eigenvalue weighted by Crippen LogP contribution is 2.20. The lowest BCUT2D eigenvalue weighted by atomic mass is 9.96. The lowest BCUT2D eigenvalue weighted by molar-refractivity contribution is -0.133. The zero-order chi connectivity index (χ0) is 11.5. The summed E-state index contributed by atoms with van der Waals surface area (Å²) in [7, 11) is 1.37. The molecule has 2 rings (SSSR count). The molecule has 0 atom stereocenters. The molecule has 84 valence electrons. The van der Waals surface area contributed by atoms with Gasteiger partial charge in [0.15, 0.2) is 0 Å². The summed E-state index contributed by atoms with van der Waals surface area (Å²) in [6, 6.07) is 6.02. The molecular weight excluding hydrogens is 202 g/mol. The quantitative estimate of drug-likeness (QED) is 0.603. The second kappa shape index (κ2) is 4.49. The van der Waals surface area contributed by atoms with Gasteiger partial charge in [-0.3, -0.25) is 0 Å². The predicted octanol–water partition coefficient (Wildman–Crippen LogP) is 1.52. The maximum absolute atomic E-state index is 11.3. The van der Waals surface area contributed by atoms with E-state index in [0.29, 0.717) is 5.57 Å². The summed E-state index contributed by atoms with van der Waals surface area (Å²) in [5.74, 6) is -0.372. The molecule has 0 spiro atoms. The van der Waals surface area contributed by atoms with E-state index < -0.39 is 0 Å². The van der Waals surface area contributed by atoms with Crippen molar-refractivity contribution in [3.63, 3.8) is 0 Å². The van der Waals surface area contributed by atoms with Crippen molar-refractivity contribution < 1.29 is 9.53 Å². The van der Waals surface area contributed by atoms with Gasteiger partial charge in [-0.1, -0.05) is 18.7 Å². The van der Waals surface area contributed by atoms with E-state index in [1.54, 1.807) is 0 Å². The normalized spacial score (nSPS) is 14.1. The Hall–Kier alpha value is -1.61. The van der Waals surface area contributed by atoms with Gasteiger partial charge in [-0.25, -0.2) is 4.79 Å². The van der Waals surface area contributed by atoms with E-state index in [0.717, 1.165) is 25.1 Å². The van der Waals surface area contributed by atoms with Crippen LogP contribution >= 0.6 is 0 Å². The summed E-state index contributed by atoms with van der Waals surface area (Å²) in [4.78, 5) is 11.3. The first-order valence-corrected chi connectivity index (χ1v) is 5.32. The van der Waals surface area contributed by atoms with Crippen molar-refractivity contribution in [1.29, 1.82) is 0 Å². The molecule has 1 aromatic rings. The lowest BCUT2D eigenvalue weighted by Crippen LogP contribution is -2.23. The molecule has 3 heteroatoms. The Balaban J connectivity index is 2.30. The topological polar surface area (TPSA) is 38.3 Å². The van der Waals surface area contributed by atoms with Crippen LogP contribution in [0.25, 0.3) is 5.57 Å². The van der Waals surface area contributed by atoms with Crippen LogP contribution in [0.4, 0.5) is 0 Å². The Kier molecular flexibility index (Phi) is 3.06. The lowest BCUT2D eigenvalue weighted by Gasteiger charge is -2.18. The SMILES string of the molecule is C=C(C(=O)OC)c1ccc2c(c1)CNCC2. The van der Waals surface area contributed by atoms with E-state index in [1.165, 1.54) is 18.2 Å². The maximum Gasteiger partial charge on any atom is 0.337 e. The molecule has 1 heterocycles. The number of ether oxygens (including phenoxy) is 1. The van der Waals surface area contributed by atoms with Crippen LogP contribution in [0, 0.1) is 0 Å². The third-order valence-corrected chi connectivity index (χ3v) is 2.87. The number of hydrogen-bond donors (Lipinski definition) is 1. The predicted molar refractivity (Wildman–Crippen MR) is 62.9 cm³/mol. The highest BCUT2D eigenvalue weighted by atomic mass is 16.5. The van der Waals surface area contributed by atoms with Crippen molar-refractivity contribution in [3.8, 4) is 0 Å². The Bertz CT molecular complexity index is 438. The molecule has 0 saturated carbocycles. The van der Waals surface area contributed by atoms with E-state index in [2.05, 4.69) is 22.7 Å². The molecule has 1 N–H and O–H groups in total. The van der Waals surface area contributed by atoms with Crippen LogP contribution < -0.4 is 5.32 Å². The highest BCUT2D eigenvalue weighted by Gasteiger charge is 2.13. The molecule has 0 unspecified atom stereocenters. The number of hydrogen-bond acceptors (Lipinski definition) is 3. The number of rotatable bonds is 2. The van der Waals surface area contributed by atoms with Crippen molar-refractivity contribution in [2.45, 2.75) is 13.0 Å². The van der Waals surface area contributed by atoms with Crippen LogP contribution in [0.15, 0.2) is 24.8 Å². The van der Waals surface area contributed by atoms with E-state index >= 15 is 0 Å². The van der Waals surface area contributed by atoms with Crippen molar-refractivity contribution in [1.82, 2.24) is 5.32 Å². The van der Waals surface area contributed by atoms with Gasteiger partial charge in [0, 0.05) is 6.54 Å². The molecule has 1 aliphatic heterocycles. The highest BCUT2D eigenvalue weighted by molar-refractivity contribution is 6.15. The number of carbonyl (C=O) groups excluding carboxylic acids is 1. The molecule has 0 saturated heterocycles. The van der Waals surface area contributed by atoms with Gasteiger partial charge in [0.05, 0.1) is 12.7 Å². The van der Waals surface area contributed by atoms with E-state index in [1.807, 2.05) is 12.1 Å². The standard InChI is InChI=1S/C13H15NO2/c1-9(13(15)16-2)11-4-3-10-5-6-14-8-12(10)7-11/h3-4,7,14H,1,5-6,8H2,2H3. The fourth-order valence-corrected chi connectivity index (χ4v) is 1.91. The second-order valence-corrected chi connectivity index (χ2v) is 3.88. The molecule has 0 amide bonds. The molecule has 0 bridgehead atoms. The summed E-state index contributed by atoms with van der Waals surface area (Å²) in [5, 5.41) is 3.30. The van der Waals surface area contributed by atoms with Crippen LogP contribution in [0.2, 0.25) is 0 Å². The van der Waals surface area contributed by atoms with Crippen molar-refractivity contribution in [3.05, 3.63) is 41.5 Å². The van der Waals surface area contributed by atoms with Gasteiger partial charge in [0.2, 0.25) is 0 Å². The number of fused-ring (bicyclic) bond motifs is 1. The van der Waals surface area contributed by atoms with E-state index in [9.17, 15) is 4.79 Å². The smallest absolute Gasteiger partial charge is 0.337 e. The van der Waals surface area contributed by atoms with Crippen molar-refractivity contribution in [2.24, 2.45) is 0 Å². The molecule has 1 aliphatic rings. The number of carbonyl (C=O) groups is 1. The van der Waals surface area contributed by atoms with Crippen molar-refractivity contribution >= 4 is 11.5 Å². The molecule has 16 heavy (non-hydrogen) atoms. The van der Waals surface area contributed by atoms with Gasteiger partial charge in [0.25, 0.3) is 0 Å². The largest absolute Gasteiger partial charge is 0.465 e. The fourth-order valence-electron chi connectivity index (χ4n) is 1.91. The molecule has 0 fully saturated rings. The summed E-state index contributed by atoms with van der Waals surface area (Å²) in [6.45, 7) is 5.63. The van der Waals surface area contributed by atoms with Gasteiger partial charge in [0.1, 0.15) is 0 Å². The third kappa shape index (κ3) is 1.99. The molecule has 3 nitrogen and oxygen atoms in total. The van der Waals surface area contributed by atoms with Crippen LogP contribution in [0.3, 0.4) is 0 Å². The van der Waals surface area contributed by atoms with E-state index in [4.69, 9.17) is 0 Å². The zero-order valence-corrected chi connectivity index (χ0v) is 9.38. The Morgan fingerprint density at radius 3 is 3.00 bits per heavy atom. The summed E-state index contributed by atoms with van der Waals surface area (Å²) in [6.07, 6.45) is 1.04. The van der Waals surface area contributed by atoms with Crippen LogP contribution in [0.5, 0.6) is 0 Å². The number of benzene rings is 1. The average Bonchev–Trinajstić information content (AvgIpc) is 2.36. The average molecular weight is 217 g/mol. The minimum absolute atomic E-state index is 0.372. The van der Waals surface area contributed by atoms with Gasteiger partial charge >= 0.3 is 5.97 Å². The van der Waals surface area contributed by atoms with Gasteiger partial charge in [-0.15, -0.1) is 0 Å². The first-order chi connectivity index (χ1) is 7.72. The minimum Gasteiger partial charge on any atom is -0.465 e. The molecule has 1 aromatic carbocycles. The van der Waals surface area contributed by atoms with Crippen molar-refractivity contribution in [2.75, 3.05) is 13.7 Å². The Labute approximate surface area is 95.1 Å². The maximum atomic E-state index is 11.3. The Morgan fingerprint density at radius 2 is 2.25 bits per heavy atom. The fraction of sp³-hybridized carbons (Fsp3) is 0.308. The Morgan fingerprint density at radius 1 is 1.44 bits per heavy atom. The third-order valence-electron chi connectivity index (χ3n) is 2.87. The summed E-state index contributed by atoms with van der Waals surface area (Å²) in [5.41, 5.74) is 3.85. The second-order valence-electron chi connectivity index (χ2n) is 3.88. The summed E-state index contributed by atoms with van der Waals surface area (Å²) < 4.78 is 4.66. The van der Waals surface area contributed by atoms with Crippen LogP contribution in [-0.4, -0.2) is 19.6 Å². The first kappa shape index (κ1) is 10.9. The van der Waals surface area contributed by atoms with Gasteiger partial charge < -0.3 is 10.1 Å². The molecular formula is C13H15NO2. The first-order valence-electron chi connectivity index (χ1n) is 5.32. The zero-order valence-electron chi connectivity index (χ0n) is 9.38. The number of esters is 1. The molecule has 0 aromatic heterocycles. The minimum atomic E-state index is -0.372. The van der Waals surface area contributed by atoms with E-state index in [-0.39, 0.29) is 5.97 Å². The van der Waals surface area contributed by atoms with Gasteiger partial charge in [-0.05, 0) is 35.7 Å². The molecule has 0 aliphatic carbocycles.